The van der Waals surface area contributed by atoms with Crippen molar-refractivity contribution in [3.05, 3.63) is 26.4 Å². The van der Waals surface area contributed by atoms with Crippen LogP contribution in [0.2, 0.25) is 0 Å². The van der Waals surface area contributed by atoms with Crippen molar-refractivity contribution in [2.45, 2.75) is 6.42 Å². The summed E-state index contributed by atoms with van der Waals surface area (Å²) in [6.45, 7) is 1.56. The van der Waals surface area contributed by atoms with Crippen molar-refractivity contribution in [1.29, 1.82) is 0 Å². The number of aliphatic imine (C=N–C) groups is 1. The number of H-pyrrole nitrogens is 1. The molecule has 0 radical (unpaired) electrons. The minimum atomic E-state index is -0.647. The first-order valence-corrected chi connectivity index (χ1v) is 5.74. The Kier molecular flexibility index (Phi) is 4.85. The molecule has 0 atom stereocenters. The third kappa shape index (κ3) is 3.56. The lowest BCUT2D eigenvalue weighted by atomic mass is 10.3. The van der Waals surface area contributed by atoms with Crippen molar-refractivity contribution in [3.63, 3.8) is 0 Å². The van der Waals surface area contributed by atoms with Crippen LogP contribution in [-0.4, -0.2) is 48.1 Å². The largest absolute Gasteiger partial charge is 0.494 e. The number of aromatic hydroxyl groups is 1. The zero-order chi connectivity index (χ0) is 13.7. The average Bonchev–Trinajstić information content (AvgIpc) is 2.29. The van der Waals surface area contributed by atoms with E-state index in [1.807, 2.05) is 14.1 Å². The van der Waals surface area contributed by atoms with Gasteiger partial charge in [0.2, 0.25) is 5.88 Å². The standard InChI is InChI=1S/C11H18N4O3/c1-14(2)6-4-5-12-7-8-9(16)13-11(18)15(3)10(8)17/h7,17H,4-6H2,1-3H3,(H,13,16,18)/p+1. The molecule has 1 rings (SSSR count). The smallest absolute Gasteiger partial charge is 0.330 e. The Balaban J connectivity index is 2.79. The summed E-state index contributed by atoms with van der Waals surface area (Å²) < 4.78 is 0.965. The lowest BCUT2D eigenvalue weighted by Gasteiger charge is -2.05. The second-order valence-corrected chi connectivity index (χ2v) is 4.40. The molecule has 0 aliphatic carbocycles. The number of hydrogen-bond acceptors (Lipinski definition) is 4. The summed E-state index contributed by atoms with van der Waals surface area (Å²) in [5.41, 5.74) is -1.27. The summed E-state index contributed by atoms with van der Waals surface area (Å²) in [7, 11) is 5.47. The SMILES string of the molecule is Cn1c(O)c(C=NCCC[NH+](C)C)c(=O)[nH]c1=O. The zero-order valence-electron chi connectivity index (χ0n) is 10.9. The molecule has 0 spiro atoms. The lowest BCUT2D eigenvalue weighted by Crippen LogP contribution is -3.05. The van der Waals surface area contributed by atoms with Crippen molar-refractivity contribution < 1.29 is 10.0 Å². The van der Waals surface area contributed by atoms with Gasteiger partial charge in [0.05, 0.1) is 20.6 Å². The van der Waals surface area contributed by atoms with Gasteiger partial charge in [-0.1, -0.05) is 0 Å². The molecule has 0 bridgehead atoms. The fourth-order valence-electron chi connectivity index (χ4n) is 1.42. The first kappa shape index (κ1) is 14.2. The first-order chi connectivity index (χ1) is 8.43. The Labute approximate surface area is 104 Å². The molecule has 100 valence electrons. The van der Waals surface area contributed by atoms with Crippen LogP contribution >= 0.6 is 0 Å². The Morgan fingerprint density at radius 1 is 1.44 bits per heavy atom. The molecule has 0 amide bonds. The summed E-state index contributed by atoms with van der Waals surface area (Å²) in [4.78, 5) is 30.1. The van der Waals surface area contributed by atoms with E-state index >= 15 is 0 Å². The van der Waals surface area contributed by atoms with Gasteiger partial charge in [-0.05, 0) is 0 Å². The summed E-state index contributed by atoms with van der Waals surface area (Å²) in [5.74, 6) is -0.370. The molecule has 1 heterocycles. The first-order valence-electron chi connectivity index (χ1n) is 5.74. The third-order valence-electron chi connectivity index (χ3n) is 2.51. The van der Waals surface area contributed by atoms with Gasteiger partial charge in [0.1, 0.15) is 5.56 Å². The molecule has 7 nitrogen and oxygen atoms in total. The molecule has 0 aliphatic rings. The Morgan fingerprint density at radius 3 is 2.72 bits per heavy atom. The fraction of sp³-hybridized carbons (Fsp3) is 0.545. The van der Waals surface area contributed by atoms with Crippen LogP contribution < -0.4 is 16.1 Å². The molecule has 1 aromatic heterocycles. The number of hydrogen-bond donors (Lipinski definition) is 3. The van der Waals surface area contributed by atoms with E-state index in [9.17, 15) is 14.7 Å². The minimum Gasteiger partial charge on any atom is -0.494 e. The highest BCUT2D eigenvalue weighted by Gasteiger charge is 2.08. The zero-order valence-corrected chi connectivity index (χ0v) is 10.9. The summed E-state index contributed by atoms with van der Waals surface area (Å²) in [6, 6.07) is 0. The number of aromatic amines is 1. The van der Waals surface area contributed by atoms with Gasteiger partial charge in [-0.15, -0.1) is 0 Å². The van der Waals surface area contributed by atoms with Crippen LogP contribution in [0.15, 0.2) is 14.6 Å². The molecular weight excluding hydrogens is 236 g/mol. The molecule has 0 aromatic carbocycles. The second-order valence-electron chi connectivity index (χ2n) is 4.40. The van der Waals surface area contributed by atoms with Gasteiger partial charge < -0.3 is 10.0 Å². The van der Waals surface area contributed by atoms with Crippen molar-refractivity contribution in [2.24, 2.45) is 12.0 Å². The maximum absolute atomic E-state index is 11.5. The van der Waals surface area contributed by atoms with Gasteiger partial charge in [0.15, 0.2) is 0 Å². The van der Waals surface area contributed by atoms with Crippen molar-refractivity contribution in [3.8, 4) is 5.88 Å². The minimum absolute atomic E-state index is 0.00861. The second kappa shape index (κ2) is 6.15. The number of aromatic nitrogens is 2. The van der Waals surface area contributed by atoms with E-state index < -0.39 is 11.2 Å². The average molecular weight is 255 g/mol. The molecule has 0 saturated heterocycles. The highest BCUT2D eigenvalue weighted by Crippen LogP contribution is 2.04. The molecular formula is C11H19N4O3+. The van der Waals surface area contributed by atoms with Crippen molar-refractivity contribution >= 4 is 6.21 Å². The van der Waals surface area contributed by atoms with Crippen LogP contribution in [0, 0.1) is 0 Å². The normalized spacial score (nSPS) is 11.6. The van der Waals surface area contributed by atoms with Crippen LogP contribution in [0.1, 0.15) is 12.0 Å². The molecule has 0 fully saturated rings. The van der Waals surface area contributed by atoms with Crippen LogP contribution in [0.4, 0.5) is 0 Å². The Bertz CT molecular complexity index is 542. The lowest BCUT2D eigenvalue weighted by molar-refractivity contribution is -0.858. The highest BCUT2D eigenvalue weighted by atomic mass is 16.3. The molecule has 0 saturated carbocycles. The Hall–Kier alpha value is -1.89. The van der Waals surface area contributed by atoms with E-state index in [4.69, 9.17) is 0 Å². The van der Waals surface area contributed by atoms with Gasteiger partial charge >= 0.3 is 5.69 Å². The van der Waals surface area contributed by atoms with E-state index in [1.54, 1.807) is 0 Å². The quantitative estimate of drug-likeness (QED) is 0.409. The molecule has 7 heteroatoms. The number of rotatable bonds is 5. The molecule has 3 N–H and O–H groups in total. The van der Waals surface area contributed by atoms with Crippen molar-refractivity contribution in [1.82, 2.24) is 9.55 Å². The van der Waals surface area contributed by atoms with E-state index in [-0.39, 0.29) is 11.4 Å². The molecule has 0 unspecified atom stereocenters. The van der Waals surface area contributed by atoms with Gasteiger partial charge in [0.25, 0.3) is 5.56 Å². The third-order valence-corrected chi connectivity index (χ3v) is 2.51. The highest BCUT2D eigenvalue weighted by molar-refractivity contribution is 5.81. The van der Waals surface area contributed by atoms with E-state index in [0.29, 0.717) is 6.54 Å². The molecule has 0 aliphatic heterocycles. The van der Waals surface area contributed by atoms with Gasteiger partial charge in [-0.3, -0.25) is 19.3 Å². The van der Waals surface area contributed by atoms with Crippen LogP contribution in [0.3, 0.4) is 0 Å². The maximum Gasteiger partial charge on any atom is 0.330 e. The van der Waals surface area contributed by atoms with Crippen LogP contribution in [0.25, 0.3) is 0 Å². The van der Waals surface area contributed by atoms with Gasteiger partial charge in [-0.2, -0.15) is 0 Å². The topological polar surface area (TPSA) is 91.9 Å². The monoisotopic (exact) mass is 255 g/mol. The predicted octanol–water partition coefficient (Wildman–Crippen LogP) is -2.27. The predicted molar refractivity (Wildman–Crippen MR) is 68.7 cm³/mol. The van der Waals surface area contributed by atoms with Crippen LogP contribution in [-0.2, 0) is 7.05 Å². The molecule has 18 heavy (non-hydrogen) atoms. The summed E-state index contributed by atoms with van der Waals surface area (Å²) in [6.07, 6.45) is 2.20. The van der Waals surface area contributed by atoms with E-state index in [2.05, 4.69) is 9.98 Å². The Morgan fingerprint density at radius 2 is 2.11 bits per heavy atom. The van der Waals surface area contributed by atoms with E-state index in [0.717, 1.165) is 17.5 Å². The fourth-order valence-corrected chi connectivity index (χ4v) is 1.42. The summed E-state index contributed by atoms with van der Waals surface area (Å²) in [5, 5.41) is 9.65. The maximum atomic E-state index is 11.5. The van der Waals surface area contributed by atoms with E-state index in [1.165, 1.54) is 18.2 Å². The van der Waals surface area contributed by atoms with Gasteiger partial charge in [-0.25, -0.2) is 4.79 Å². The summed E-state index contributed by atoms with van der Waals surface area (Å²) >= 11 is 0. The molecule has 1 aromatic rings. The van der Waals surface area contributed by atoms with Crippen LogP contribution in [0.5, 0.6) is 5.88 Å². The number of quaternary nitrogens is 1. The number of nitrogens with zero attached hydrogens (tertiary/aromatic N) is 2. The van der Waals surface area contributed by atoms with Gasteiger partial charge in [0, 0.05) is 26.2 Å². The van der Waals surface area contributed by atoms with Crippen molar-refractivity contribution in [2.75, 3.05) is 27.2 Å². The number of nitrogens with one attached hydrogen (secondary N) is 2.